The number of ether oxygens (including phenoxy) is 2. The van der Waals surface area contributed by atoms with Crippen molar-refractivity contribution in [2.45, 2.75) is 40.7 Å². The molecule has 5 aromatic rings. The van der Waals surface area contributed by atoms with Crippen molar-refractivity contribution in [1.82, 2.24) is 19.6 Å². The van der Waals surface area contributed by atoms with E-state index >= 15 is 0 Å². The van der Waals surface area contributed by atoms with Crippen LogP contribution in [0.5, 0.6) is 5.88 Å². The van der Waals surface area contributed by atoms with E-state index in [9.17, 15) is 9.59 Å². The Kier molecular flexibility index (Phi) is 7.89. The highest BCUT2D eigenvalue weighted by Gasteiger charge is 2.44. The molecule has 1 aliphatic rings. The van der Waals surface area contributed by atoms with Crippen molar-refractivity contribution in [3.8, 4) is 17.3 Å². The third kappa shape index (κ3) is 5.22. The fourth-order valence-electron chi connectivity index (χ4n) is 6.31. The summed E-state index contributed by atoms with van der Waals surface area (Å²) in [5.41, 5.74) is 0.667. The number of nitrogens with one attached hydrogen (secondary N) is 1. The molecule has 1 aliphatic carbocycles. The molecule has 1 N–H and O–H groups in total. The molecule has 1 amide bonds. The summed E-state index contributed by atoms with van der Waals surface area (Å²) in [4.78, 5) is 40.1. The molecule has 0 spiro atoms. The first-order valence-electron chi connectivity index (χ1n) is 15.0. The highest BCUT2D eigenvalue weighted by atomic mass is 16.6. The summed E-state index contributed by atoms with van der Waals surface area (Å²) in [5, 5.41) is 4.63. The summed E-state index contributed by atoms with van der Waals surface area (Å²) in [6.07, 6.45) is 1.67. The summed E-state index contributed by atoms with van der Waals surface area (Å²) in [7, 11) is 0. The number of aromatic nitrogens is 4. The maximum absolute atomic E-state index is 14.1. The lowest BCUT2D eigenvalue weighted by Crippen LogP contribution is -2.46. The number of furan rings is 1. The molecule has 11 nitrogen and oxygen atoms in total. The largest absolute Gasteiger partial charge is 0.459 e. The molecule has 4 aromatic heterocycles. The van der Waals surface area contributed by atoms with Crippen LogP contribution < -0.4 is 9.64 Å². The molecule has 45 heavy (non-hydrogen) atoms. The Bertz CT molecular complexity index is 1840. The first-order valence-corrected chi connectivity index (χ1v) is 15.0. The maximum Gasteiger partial charge on any atom is 0.428 e. The summed E-state index contributed by atoms with van der Waals surface area (Å²) in [6.45, 7) is 18.9. The van der Waals surface area contributed by atoms with Gasteiger partial charge in [0.05, 0.1) is 12.8 Å². The Morgan fingerprint density at radius 3 is 2.24 bits per heavy atom. The van der Waals surface area contributed by atoms with E-state index in [1.807, 2.05) is 30.3 Å². The van der Waals surface area contributed by atoms with Crippen LogP contribution in [0.3, 0.4) is 0 Å². The predicted octanol–water partition coefficient (Wildman–Crippen LogP) is 7.92. The van der Waals surface area contributed by atoms with Gasteiger partial charge in [-0.1, -0.05) is 71.0 Å². The van der Waals surface area contributed by atoms with E-state index in [1.165, 1.54) is 17.0 Å². The van der Waals surface area contributed by atoms with Crippen molar-refractivity contribution in [3.63, 3.8) is 0 Å². The Balaban J connectivity index is 1.45. The molecule has 0 saturated heterocycles. The number of hydrogen-bond donors (Lipinski definition) is 1. The number of hydrogen-bond acceptors (Lipinski definition) is 7. The Morgan fingerprint density at radius 1 is 0.933 bits per heavy atom. The number of anilines is 2. The summed E-state index contributed by atoms with van der Waals surface area (Å²) in [6, 6.07) is 17.6. The molecule has 6 rings (SSSR count). The Hall–Kier alpha value is -5.37. The average molecular weight is 607 g/mol. The number of esters is 1. The zero-order valence-electron chi connectivity index (χ0n) is 25.7. The van der Waals surface area contributed by atoms with Gasteiger partial charge in [-0.05, 0) is 47.8 Å². The number of carbonyl (C=O) groups excluding carboxylic acids is 2. The van der Waals surface area contributed by atoms with Gasteiger partial charge in [0.25, 0.3) is 5.69 Å². The van der Waals surface area contributed by atoms with Crippen molar-refractivity contribution < 1.29 is 23.5 Å². The number of pyridine rings is 1. The number of carbonyl (C=O) groups is 2. The van der Waals surface area contributed by atoms with Crippen LogP contribution in [0.25, 0.3) is 21.9 Å². The highest BCUT2D eigenvalue weighted by Crippen LogP contribution is 2.45. The van der Waals surface area contributed by atoms with Gasteiger partial charge in [0, 0.05) is 17.8 Å². The van der Waals surface area contributed by atoms with Crippen molar-refractivity contribution in [2.24, 2.45) is 29.6 Å². The molecule has 230 valence electrons. The fourth-order valence-corrected chi connectivity index (χ4v) is 6.31. The molecule has 4 unspecified atom stereocenters. The van der Waals surface area contributed by atoms with Gasteiger partial charge in [0.2, 0.25) is 11.8 Å². The lowest BCUT2D eigenvalue weighted by Gasteiger charge is -2.46. The first-order chi connectivity index (χ1) is 21.7. The van der Waals surface area contributed by atoms with Gasteiger partial charge in [-0.15, -0.1) is 5.10 Å². The Labute approximate surface area is 260 Å². The van der Waals surface area contributed by atoms with Crippen LogP contribution in [0, 0.1) is 36.2 Å². The molecule has 1 fully saturated rings. The number of H-pyrrole nitrogens is 1. The van der Waals surface area contributed by atoms with E-state index in [2.05, 4.69) is 54.5 Å². The Morgan fingerprint density at radius 2 is 1.62 bits per heavy atom. The molecule has 0 aliphatic heterocycles. The standard InChI is InChI=1S/C34H34N6O5/c1-19-20(2)22(4)29(23(5)21(19)3)44-33(41)27-28(35-6)32(40-31(27)37-30(38-40)24-13-8-7-9-14-24)45-34(42)39(26-16-12-18-43-26)25-15-10-11-17-36-25/h7-23,29H,1-5H3,(H,37,38). The van der Waals surface area contributed by atoms with Gasteiger partial charge in [-0.25, -0.2) is 19.4 Å². The van der Waals surface area contributed by atoms with Crippen molar-refractivity contribution in [2.75, 3.05) is 4.90 Å². The SMILES string of the molecule is [C-]#[N+]c1c(C(=O)OC2C(C)C(C)C(C)C(C)C2C)c2[nH]c(-c3ccccc3)nn2c1OC(=O)N(c1ccccn1)c1ccco1. The van der Waals surface area contributed by atoms with E-state index in [0.29, 0.717) is 23.6 Å². The number of rotatable bonds is 6. The topological polar surface area (TPSA) is 119 Å². The number of aromatic amines is 1. The van der Waals surface area contributed by atoms with Crippen LogP contribution in [0.4, 0.5) is 22.2 Å². The van der Waals surface area contributed by atoms with Gasteiger partial charge < -0.3 is 18.9 Å². The summed E-state index contributed by atoms with van der Waals surface area (Å²) >= 11 is 0. The van der Waals surface area contributed by atoms with E-state index in [-0.39, 0.29) is 52.4 Å². The zero-order chi connectivity index (χ0) is 31.8. The average Bonchev–Trinajstić information content (AvgIpc) is 3.80. The van der Waals surface area contributed by atoms with Crippen LogP contribution in [0.15, 0.2) is 77.5 Å². The second-order valence-corrected chi connectivity index (χ2v) is 11.7. The van der Waals surface area contributed by atoms with Crippen LogP contribution in [-0.2, 0) is 4.74 Å². The first kappa shape index (κ1) is 29.7. The van der Waals surface area contributed by atoms with Crippen molar-refractivity contribution in [3.05, 3.63) is 90.1 Å². The maximum atomic E-state index is 14.1. The molecule has 4 heterocycles. The molecule has 0 radical (unpaired) electrons. The van der Waals surface area contributed by atoms with Crippen LogP contribution in [-0.4, -0.2) is 37.7 Å². The van der Waals surface area contributed by atoms with Crippen molar-refractivity contribution in [1.29, 1.82) is 0 Å². The number of amides is 1. The smallest absolute Gasteiger partial charge is 0.428 e. The van der Waals surface area contributed by atoms with E-state index in [4.69, 9.17) is 20.5 Å². The normalized spacial score (nSPS) is 22.9. The van der Waals surface area contributed by atoms with Gasteiger partial charge in [0.1, 0.15) is 23.1 Å². The molecule has 4 atom stereocenters. The molecule has 11 heteroatoms. The number of benzene rings is 1. The zero-order valence-corrected chi connectivity index (χ0v) is 25.7. The molecule has 0 bridgehead atoms. The third-order valence-corrected chi connectivity index (χ3v) is 9.45. The molecule has 1 saturated carbocycles. The summed E-state index contributed by atoms with van der Waals surface area (Å²) < 4.78 is 18.9. The summed E-state index contributed by atoms with van der Waals surface area (Å²) in [5.74, 6) is 1.21. The van der Waals surface area contributed by atoms with Gasteiger partial charge in [-0.2, -0.15) is 9.42 Å². The second-order valence-electron chi connectivity index (χ2n) is 11.7. The van der Waals surface area contributed by atoms with Gasteiger partial charge >= 0.3 is 12.1 Å². The predicted molar refractivity (Wildman–Crippen MR) is 167 cm³/mol. The van der Waals surface area contributed by atoms with E-state index < -0.39 is 12.1 Å². The fraction of sp³-hybridized carbons (Fsp3) is 0.324. The van der Waals surface area contributed by atoms with Gasteiger partial charge in [-0.3, -0.25) is 0 Å². The van der Waals surface area contributed by atoms with E-state index in [0.717, 1.165) is 10.5 Å². The lowest BCUT2D eigenvalue weighted by atomic mass is 9.63. The third-order valence-electron chi connectivity index (χ3n) is 9.45. The van der Waals surface area contributed by atoms with Gasteiger partial charge in [0.15, 0.2) is 5.82 Å². The van der Waals surface area contributed by atoms with E-state index in [1.54, 1.807) is 30.3 Å². The lowest BCUT2D eigenvalue weighted by molar-refractivity contribution is -0.0682. The van der Waals surface area contributed by atoms with Crippen molar-refractivity contribution >= 4 is 35.1 Å². The van der Waals surface area contributed by atoms with Crippen LogP contribution >= 0.6 is 0 Å². The number of nitrogens with zero attached hydrogens (tertiary/aromatic N) is 5. The van der Waals surface area contributed by atoms with Crippen LogP contribution in [0.2, 0.25) is 0 Å². The quantitative estimate of drug-likeness (QED) is 0.154. The minimum Gasteiger partial charge on any atom is -0.459 e. The number of fused-ring (bicyclic) bond motifs is 1. The highest BCUT2D eigenvalue weighted by molar-refractivity contribution is 6.06. The minimum atomic E-state index is -0.914. The minimum absolute atomic E-state index is 0.0526. The van der Waals surface area contributed by atoms with Crippen LogP contribution in [0.1, 0.15) is 45.0 Å². The second kappa shape index (κ2) is 12.0. The molecular formula is C34H34N6O5. The molecule has 1 aromatic carbocycles. The monoisotopic (exact) mass is 606 g/mol. The molecular weight excluding hydrogens is 572 g/mol.